The molecule has 1 aromatic heterocycles. The molecule has 0 saturated carbocycles. The second kappa shape index (κ2) is 9.39. The van der Waals surface area contributed by atoms with Crippen LogP contribution in [0.4, 0.5) is 9.52 Å². The van der Waals surface area contributed by atoms with E-state index in [9.17, 15) is 9.18 Å². The lowest BCUT2D eigenvalue weighted by Gasteiger charge is -2.27. The van der Waals surface area contributed by atoms with E-state index in [2.05, 4.69) is 4.90 Å². The number of thiazole rings is 1. The van der Waals surface area contributed by atoms with Crippen molar-refractivity contribution >= 4 is 44.2 Å². The zero-order valence-electron chi connectivity index (χ0n) is 16.7. The number of carbonyl (C=O) groups excluding carboxylic acids is 1. The van der Waals surface area contributed by atoms with Gasteiger partial charge >= 0.3 is 0 Å². The Morgan fingerprint density at radius 2 is 2.10 bits per heavy atom. The summed E-state index contributed by atoms with van der Waals surface area (Å²) in [7, 11) is 0. The number of carbonyl (C=O) groups is 1. The number of morpholine rings is 1. The van der Waals surface area contributed by atoms with Gasteiger partial charge in [-0.3, -0.25) is 14.6 Å². The largest absolute Gasteiger partial charge is 0.379 e. The smallest absolute Gasteiger partial charge is 0.260 e. The molecule has 1 fully saturated rings. The van der Waals surface area contributed by atoms with Crippen molar-refractivity contribution in [2.45, 2.75) is 13.3 Å². The Kier molecular flexibility index (Phi) is 6.63. The third kappa shape index (κ3) is 4.64. The molecular weight excluding hydrogens is 425 g/mol. The van der Waals surface area contributed by atoms with Crippen molar-refractivity contribution in [3.8, 4) is 0 Å². The molecule has 0 unspecified atom stereocenters. The van der Waals surface area contributed by atoms with Crippen LogP contribution in [0.3, 0.4) is 0 Å². The molecule has 5 nitrogen and oxygen atoms in total. The van der Waals surface area contributed by atoms with Crippen LogP contribution < -0.4 is 4.90 Å². The highest BCUT2D eigenvalue weighted by molar-refractivity contribution is 7.22. The molecule has 0 spiro atoms. The van der Waals surface area contributed by atoms with Crippen molar-refractivity contribution < 1.29 is 13.9 Å². The molecule has 0 atom stereocenters. The molecule has 0 radical (unpaired) electrons. The van der Waals surface area contributed by atoms with E-state index in [0.717, 1.165) is 55.0 Å². The van der Waals surface area contributed by atoms with Crippen LogP contribution in [0.1, 0.15) is 22.3 Å². The van der Waals surface area contributed by atoms with Crippen molar-refractivity contribution in [1.29, 1.82) is 0 Å². The maximum Gasteiger partial charge on any atom is 0.260 e. The Morgan fingerprint density at radius 3 is 2.87 bits per heavy atom. The first-order valence-electron chi connectivity index (χ1n) is 9.96. The number of halogens is 2. The predicted molar refractivity (Wildman–Crippen MR) is 119 cm³/mol. The molecule has 1 aliphatic heterocycles. The lowest BCUT2D eigenvalue weighted by molar-refractivity contribution is 0.0376. The first kappa shape index (κ1) is 21.2. The van der Waals surface area contributed by atoms with E-state index in [1.54, 1.807) is 17.0 Å². The molecule has 30 heavy (non-hydrogen) atoms. The molecule has 1 amide bonds. The molecule has 158 valence electrons. The number of nitrogens with zero attached hydrogens (tertiary/aromatic N) is 3. The number of hydrogen-bond acceptors (Lipinski definition) is 5. The molecule has 2 aromatic carbocycles. The van der Waals surface area contributed by atoms with Crippen molar-refractivity contribution in [3.63, 3.8) is 0 Å². The molecule has 4 rings (SSSR count). The lowest BCUT2D eigenvalue weighted by Crippen LogP contribution is -2.39. The van der Waals surface area contributed by atoms with E-state index in [1.807, 2.05) is 19.1 Å². The topological polar surface area (TPSA) is 45.7 Å². The number of aromatic nitrogens is 1. The van der Waals surface area contributed by atoms with E-state index in [0.29, 0.717) is 22.3 Å². The third-order valence-electron chi connectivity index (χ3n) is 5.24. The number of hydrogen-bond donors (Lipinski definition) is 0. The molecule has 1 saturated heterocycles. The fraction of sp³-hybridized carbons (Fsp3) is 0.364. The monoisotopic (exact) mass is 447 g/mol. The number of rotatable bonds is 6. The van der Waals surface area contributed by atoms with Crippen molar-refractivity contribution in [3.05, 3.63) is 58.4 Å². The number of aryl methyl sites for hydroxylation is 1. The second-order valence-electron chi connectivity index (χ2n) is 7.29. The molecule has 8 heteroatoms. The number of benzene rings is 2. The Labute approximate surface area is 184 Å². The van der Waals surface area contributed by atoms with E-state index >= 15 is 0 Å². The van der Waals surface area contributed by atoms with Gasteiger partial charge in [0.15, 0.2) is 5.13 Å². The van der Waals surface area contributed by atoms with Crippen molar-refractivity contribution in [2.24, 2.45) is 0 Å². The van der Waals surface area contributed by atoms with Crippen LogP contribution in [0.5, 0.6) is 0 Å². The summed E-state index contributed by atoms with van der Waals surface area (Å²) in [6.07, 6.45) is 0.788. The molecular formula is C22H23ClFN3O2S. The minimum Gasteiger partial charge on any atom is -0.379 e. The number of ether oxygens (including phenoxy) is 1. The van der Waals surface area contributed by atoms with E-state index < -0.39 is 5.82 Å². The summed E-state index contributed by atoms with van der Waals surface area (Å²) in [5.41, 5.74) is 2.01. The maximum atomic E-state index is 13.7. The molecule has 3 aromatic rings. The number of fused-ring (bicyclic) bond motifs is 1. The van der Waals surface area contributed by atoms with Gasteiger partial charge in [-0.15, -0.1) is 0 Å². The zero-order chi connectivity index (χ0) is 21.1. The van der Waals surface area contributed by atoms with Crippen LogP contribution in [-0.4, -0.2) is 55.2 Å². The van der Waals surface area contributed by atoms with Gasteiger partial charge in [-0.25, -0.2) is 9.37 Å². The highest BCUT2D eigenvalue weighted by Gasteiger charge is 2.23. The Hall–Kier alpha value is -2.06. The third-order valence-corrected chi connectivity index (χ3v) is 6.70. The molecule has 2 heterocycles. The summed E-state index contributed by atoms with van der Waals surface area (Å²) in [4.78, 5) is 22.0. The highest BCUT2D eigenvalue weighted by Crippen LogP contribution is 2.34. The quantitative estimate of drug-likeness (QED) is 0.546. The minimum atomic E-state index is -0.430. The minimum absolute atomic E-state index is 0.251. The predicted octanol–water partition coefficient (Wildman–Crippen LogP) is 4.77. The standard InChI is InChI=1S/C22H23ClFN3O2S/c1-15-18(23)6-7-19-20(15)25-22(30-19)27(9-3-8-26-10-12-29-13-11-26)21(28)16-4-2-5-17(24)14-16/h2,4-7,14H,3,8-13H2,1H3. The molecule has 0 N–H and O–H groups in total. The maximum absolute atomic E-state index is 13.7. The van der Waals surface area contributed by atoms with Crippen LogP contribution in [-0.2, 0) is 4.74 Å². The highest BCUT2D eigenvalue weighted by atomic mass is 35.5. The molecule has 1 aliphatic rings. The fourth-order valence-electron chi connectivity index (χ4n) is 3.54. The van der Waals surface area contributed by atoms with Gasteiger partial charge < -0.3 is 4.74 Å². The Morgan fingerprint density at radius 1 is 1.30 bits per heavy atom. The van der Waals surface area contributed by atoms with Gasteiger partial charge in [-0.2, -0.15) is 0 Å². The Bertz CT molecular complexity index is 1050. The summed E-state index contributed by atoms with van der Waals surface area (Å²) in [5.74, 6) is -0.680. The van der Waals surface area contributed by atoms with Gasteiger partial charge in [0, 0.05) is 36.8 Å². The van der Waals surface area contributed by atoms with Gasteiger partial charge in [-0.1, -0.05) is 29.0 Å². The van der Waals surface area contributed by atoms with E-state index in [-0.39, 0.29) is 5.91 Å². The first-order valence-corrected chi connectivity index (χ1v) is 11.2. The van der Waals surface area contributed by atoms with Gasteiger partial charge in [-0.05, 0) is 49.2 Å². The first-order chi connectivity index (χ1) is 14.5. The van der Waals surface area contributed by atoms with Crippen LogP contribution >= 0.6 is 22.9 Å². The molecule has 0 aliphatic carbocycles. The summed E-state index contributed by atoms with van der Waals surface area (Å²) in [6, 6.07) is 9.56. The van der Waals surface area contributed by atoms with Gasteiger partial charge in [0.1, 0.15) is 5.82 Å². The van der Waals surface area contributed by atoms with Crippen LogP contribution in [0.25, 0.3) is 10.2 Å². The summed E-state index contributed by atoms with van der Waals surface area (Å²) in [6.45, 7) is 6.57. The summed E-state index contributed by atoms with van der Waals surface area (Å²) in [5, 5.41) is 1.25. The summed E-state index contributed by atoms with van der Waals surface area (Å²) >= 11 is 7.70. The van der Waals surface area contributed by atoms with E-state index in [1.165, 1.54) is 23.5 Å². The molecule has 0 bridgehead atoms. The van der Waals surface area contributed by atoms with Crippen molar-refractivity contribution in [1.82, 2.24) is 9.88 Å². The SMILES string of the molecule is Cc1c(Cl)ccc2sc(N(CCCN3CCOCC3)C(=O)c3cccc(F)c3)nc12. The van der Waals surface area contributed by atoms with E-state index in [4.69, 9.17) is 21.3 Å². The second-order valence-corrected chi connectivity index (χ2v) is 8.71. The summed E-state index contributed by atoms with van der Waals surface area (Å²) < 4.78 is 20.1. The average Bonchev–Trinajstić information content (AvgIpc) is 3.19. The number of anilines is 1. The normalized spacial score (nSPS) is 14.9. The average molecular weight is 448 g/mol. The van der Waals surface area contributed by atoms with Crippen LogP contribution in [0, 0.1) is 12.7 Å². The number of amides is 1. The van der Waals surface area contributed by atoms with Crippen LogP contribution in [0.15, 0.2) is 36.4 Å². The van der Waals surface area contributed by atoms with Crippen molar-refractivity contribution in [2.75, 3.05) is 44.3 Å². The van der Waals surface area contributed by atoms with Crippen LogP contribution in [0.2, 0.25) is 5.02 Å². The fourth-order valence-corrected chi connectivity index (χ4v) is 4.74. The lowest BCUT2D eigenvalue weighted by atomic mass is 10.2. The zero-order valence-corrected chi connectivity index (χ0v) is 18.3. The van der Waals surface area contributed by atoms with Gasteiger partial charge in [0.05, 0.1) is 23.4 Å². The Balaban J connectivity index is 1.60. The van der Waals surface area contributed by atoms with Gasteiger partial charge in [0.25, 0.3) is 5.91 Å². The van der Waals surface area contributed by atoms with Gasteiger partial charge in [0.2, 0.25) is 0 Å².